The van der Waals surface area contributed by atoms with Crippen molar-refractivity contribution < 1.29 is 0 Å². The molecule has 0 bridgehead atoms. The number of fused-ring (bicyclic) bond motifs is 1. The van der Waals surface area contributed by atoms with Crippen LogP contribution in [0.1, 0.15) is 11.1 Å². The summed E-state index contributed by atoms with van der Waals surface area (Å²) in [6.07, 6.45) is 1.96. The molecule has 11 heavy (non-hydrogen) atoms. The molecule has 54 valence electrons. The Hall–Kier alpha value is -1.50. The summed E-state index contributed by atoms with van der Waals surface area (Å²) in [5.74, 6) is 0. The Morgan fingerprint density at radius 1 is 1.18 bits per heavy atom. The van der Waals surface area contributed by atoms with Gasteiger partial charge in [0.05, 0.1) is 0 Å². The van der Waals surface area contributed by atoms with Gasteiger partial charge in [-0.15, -0.1) is 0 Å². The fourth-order valence-electron chi connectivity index (χ4n) is 1.31. The van der Waals surface area contributed by atoms with Gasteiger partial charge >= 0.3 is 0 Å². The van der Waals surface area contributed by atoms with E-state index >= 15 is 0 Å². The normalized spacial score (nSPS) is 14.5. The lowest BCUT2D eigenvalue weighted by Crippen LogP contribution is -1.92. The van der Waals surface area contributed by atoms with Crippen LogP contribution >= 0.6 is 0 Å². The zero-order chi connectivity index (χ0) is 7.84. The van der Waals surface area contributed by atoms with Gasteiger partial charge in [-0.25, -0.2) is 0 Å². The quantitative estimate of drug-likeness (QED) is 0.590. The van der Waals surface area contributed by atoms with Crippen LogP contribution in [0.3, 0.4) is 0 Å². The summed E-state index contributed by atoms with van der Waals surface area (Å²) in [5.41, 5.74) is 9.75. The maximum Gasteiger partial charge on any atom is 0.0394 e. The van der Waals surface area contributed by atoms with Gasteiger partial charge in [0, 0.05) is 5.70 Å². The van der Waals surface area contributed by atoms with Crippen LogP contribution in [-0.4, -0.2) is 0 Å². The number of nitrogens with two attached hydrogens (primary N) is 1. The molecular weight excluding hydrogens is 134 g/mol. The number of benzene rings is 1. The lowest BCUT2D eigenvalue weighted by atomic mass is 10.1. The summed E-state index contributed by atoms with van der Waals surface area (Å²) in [4.78, 5) is 0. The molecule has 0 radical (unpaired) electrons. The summed E-state index contributed by atoms with van der Waals surface area (Å²) in [6, 6.07) is 8.08. The van der Waals surface area contributed by atoms with Crippen molar-refractivity contribution in [2.24, 2.45) is 5.73 Å². The third-order valence-electron chi connectivity index (χ3n) is 1.95. The van der Waals surface area contributed by atoms with Gasteiger partial charge in [0.1, 0.15) is 0 Å². The second-order valence-electron chi connectivity index (χ2n) is 2.67. The van der Waals surface area contributed by atoms with Crippen molar-refractivity contribution in [1.29, 1.82) is 0 Å². The van der Waals surface area contributed by atoms with Crippen molar-refractivity contribution in [3.05, 3.63) is 47.7 Å². The van der Waals surface area contributed by atoms with E-state index in [1.54, 1.807) is 0 Å². The van der Waals surface area contributed by atoms with Crippen molar-refractivity contribution in [3.8, 4) is 0 Å². The number of rotatable bonds is 0. The third kappa shape index (κ3) is 0.777. The van der Waals surface area contributed by atoms with E-state index in [4.69, 9.17) is 5.73 Å². The molecule has 0 amide bonds. The highest BCUT2D eigenvalue weighted by atomic mass is 14.6. The molecule has 0 spiro atoms. The van der Waals surface area contributed by atoms with Crippen LogP contribution in [0.5, 0.6) is 0 Å². The minimum atomic E-state index is 0.784. The van der Waals surface area contributed by atoms with Crippen LogP contribution in [0, 0.1) is 0 Å². The van der Waals surface area contributed by atoms with Gasteiger partial charge in [-0.2, -0.15) is 0 Å². The van der Waals surface area contributed by atoms with Gasteiger partial charge in [-0.1, -0.05) is 30.8 Å². The van der Waals surface area contributed by atoms with E-state index in [9.17, 15) is 0 Å². The molecule has 1 aromatic carbocycles. The largest absolute Gasteiger partial charge is 0.398 e. The van der Waals surface area contributed by atoms with Gasteiger partial charge in [0.2, 0.25) is 0 Å². The fraction of sp³-hybridized carbons (Fsp3) is 0. The van der Waals surface area contributed by atoms with Crippen LogP contribution in [0.25, 0.3) is 11.6 Å². The predicted octanol–water partition coefficient (Wildman–Crippen LogP) is 2.01. The monoisotopic (exact) mass is 143 g/mol. The summed E-state index contributed by atoms with van der Waals surface area (Å²) < 4.78 is 0. The van der Waals surface area contributed by atoms with Crippen LogP contribution in [0.2, 0.25) is 0 Å². The van der Waals surface area contributed by atoms with Crippen molar-refractivity contribution in [2.45, 2.75) is 0 Å². The highest BCUT2D eigenvalue weighted by Gasteiger charge is 2.12. The first kappa shape index (κ1) is 6.23. The summed E-state index contributed by atoms with van der Waals surface area (Å²) in [6.45, 7) is 3.88. The van der Waals surface area contributed by atoms with E-state index in [1.807, 2.05) is 30.3 Å². The SMILES string of the molecule is C=C1C(N)=Cc2ccccc21. The van der Waals surface area contributed by atoms with Crippen LogP contribution in [-0.2, 0) is 0 Å². The molecule has 1 aliphatic carbocycles. The highest BCUT2D eigenvalue weighted by molar-refractivity contribution is 5.92. The molecule has 1 aliphatic rings. The highest BCUT2D eigenvalue weighted by Crippen LogP contribution is 2.30. The van der Waals surface area contributed by atoms with Crippen molar-refractivity contribution in [2.75, 3.05) is 0 Å². The van der Waals surface area contributed by atoms with E-state index in [2.05, 4.69) is 6.58 Å². The standard InChI is InChI=1S/C10H9N/c1-7-9-5-3-2-4-8(9)6-10(7)11/h2-6H,1,11H2. The van der Waals surface area contributed by atoms with Gasteiger partial charge in [-0.3, -0.25) is 0 Å². The minimum absolute atomic E-state index is 0.784. The molecular formula is C10H9N. The van der Waals surface area contributed by atoms with E-state index in [0.29, 0.717) is 0 Å². The second-order valence-corrected chi connectivity index (χ2v) is 2.67. The smallest absolute Gasteiger partial charge is 0.0394 e. The number of hydrogen-bond donors (Lipinski definition) is 1. The van der Waals surface area contributed by atoms with Crippen molar-refractivity contribution in [1.82, 2.24) is 0 Å². The third-order valence-corrected chi connectivity index (χ3v) is 1.95. The van der Waals surface area contributed by atoms with Crippen molar-refractivity contribution >= 4 is 11.6 Å². The molecule has 0 aliphatic heterocycles. The van der Waals surface area contributed by atoms with Crippen LogP contribution in [0.15, 0.2) is 36.5 Å². The Bertz CT molecular complexity index is 348. The zero-order valence-electron chi connectivity index (χ0n) is 6.17. The van der Waals surface area contributed by atoms with Gasteiger partial charge in [0.15, 0.2) is 0 Å². The Balaban J connectivity index is 2.67. The molecule has 0 heterocycles. The molecule has 2 rings (SSSR count). The average molecular weight is 143 g/mol. The Morgan fingerprint density at radius 2 is 1.91 bits per heavy atom. The van der Waals surface area contributed by atoms with Crippen molar-refractivity contribution in [3.63, 3.8) is 0 Å². The Labute approximate surface area is 65.8 Å². The molecule has 2 N–H and O–H groups in total. The van der Waals surface area contributed by atoms with E-state index in [0.717, 1.165) is 16.8 Å². The van der Waals surface area contributed by atoms with Crippen LogP contribution in [0.4, 0.5) is 0 Å². The molecule has 0 atom stereocenters. The first-order chi connectivity index (χ1) is 5.29. The molecule has 0 fully saturated rings. The molecule has 0 saturated heterocycles. The minimum Gasteiger partial charge on any atom is -0.398 e. The summed E-state index contributed by atoms with van der Waals surface area (Å²) >= 11 is 0. The van der Waals surface area contributed by atoms with E-state index < -0.39 is 0 Å². The maximum atomic E-state index is 5.69. The predicted molar refractivity (Wildman–Crippen MR) is 47.6 cm³/mol. The molecule has 0 unspecified atom stereocenters. The molecule has 1 heteroatoms. The molecule has 0 saturated carbocycles. The second kappa shape index (κ2) is 1.99. The van der Waals surface area contributed by atoms with E-state index in [-0.39, 0.29) is 0 Å². The summed E-state index contributed by atoms with van der Waals surface area (Å²) in [7, 11) is 0. The Morgan fingerprint density at radius 3 is 2.64 bits per heavy atom. The lowest BCUT2D eigenvalue weighted by molar-refractivity contribution is 1.50. The topological polar surface area (TPSA) is 26.0 Å². The fourth-order valence-corrected chi connectivity index (χ4v) is 1.31. The number of hydrogen-bond acceptors (Lipinski definition) is 1. The molecule has 1 nitrogen and oxygen atoms in total. The van der Waals surface area contributed by atoms with Gasteiger partial charge < -0.3 is 5.73 Å². The number of allylic oxidation sites excluding steroid dienone is 1. The van der Waals surface area contributed by atoms with E-state index in [1.165, 1.54) is 5.56 Å². The first-order valence-electron chi connectivity index (χ1n) is 3.55. The van der Waals surface area contributed by atoms with Gasteiger partial charge in [-0.05, 0) is 22.8 Å². The molecule has 0 aromatic heterocycles. The summed E-state index contributed by atoms with van der Waals surface area (Å²) in [5, 5.41) is 0. The molecule has 1 aromatic rings. The first-order valence-corrected chi connectivity index (χ1v) is 3.55. The zero-order valence-corrected chi connectivity index (χ0v) is 6.17. The Kier molecular flexibility index (Phi) is 1.13. The average Bonchev–Trinajstić information content (AvgIpc) is 2.30. The maximum absolute atomic E-state index is 5.69. The van der Waals surface area contributed by atoms with Gasteiger partial charge in [0.25, 0.3) is 0 Å². The van der Waals surface area contributed by atoms with Crippen LogP contribution < -0.4 is 5.73 Å². The lowest BCUT2D eigenvalue weighted by Gasteiger charge is -1.98.